The Kier molecular flexibility index (Phi) is 5.30. The Morgan fingerprint density at radius 2 is 1.76 bits per heavy atom. The number of aromatic nitrogens is 2. The van der Waals surface area contributed by atoms with E-state index in [-0.39, 0.29) is 11.7 Å². The molecule has 7 heteroatoms. The molecular formula is C26H23N3O4. The molecular weight excluding hydrogens is 418 g/mol. The number of rotatable bonds is 4. The zero-order chi connectivity index (χ0) is 22.9. The average molecular weight is 441 g/mol. The molecule has 1 aliphatic heterocycles. The van der Waals surface area contributed by atoms with Crippen LogP contribution in [0.1, 0.15) is 21.6 Å². The monoisotopic (exact) mass is 441 g/mol. The molecule has 7 nitrogen and oxygen atoms in total. The summed E-state index contributed by atoms with van der Waals surface area (Å²) in [6.07, 6.45) is 0.540. The maximum Gasteiger partial charge on any atom is 0.273 e. The quantitative estimate of drug-likeness (QED) is 0.511. The maximum atomic E-state index is 13.6. The fourth-order valence-corrected chi connectivity index (χ4v) is 4.21. The topological polar surface area (TPSA) is 84.8 Å². The Balaban J connectivity index is 1.53. The number of carbonyl (C=O) groups excluding carboxylic acids is 1. The Labute approximate surface area is 191 Å². The first-order valence-corrected chi connectivity index (χ1v) is 10.7. The number of hydrogen-bond donors (Lipinski definition) is 1. The first kappa shape index (κ1) is 20.8. The number of aromatic hydroxyl groups is 1. The van der Waals surface area contributed by atoms with Crippen LogP contribution in [0.15, 0.2) is 60.7 Å². The maximum absolute atomic E-state index is 13.6. The van der Waals surface area contributed by atoms with E-state index in [1.807, 2.05) is 54.6 Å². The highest BCUT2D eigenvalue weighted by atomic mass is 16.5. The van der Waals surface area contributed by atoms with Gasteiger partial charge in [0.1, 0.15) is 11.4 Å². The van der Waals surface area contributed by atoms with Gasteiger partial charge >= 0.3 is 0 Å². The third kappa shape index (κ3) is 3.71. The molecule has 1 aromatic heterocycles. The predicted octanol–water partition coefficient (Wildman–Crippen LogP) is 4.22. The second-order valence-electron chi connectivity index (χ2n) is 7.87. The third-order valence-corrected chi connectivity index (χ3v) is 6.00. The molecule has 1 amide bonds. The molecule has 3 aromatic carbocycles. The van der Waals surface area contributed by atoms with Gasteiger partial charge in [-0.15, -0.1) is 0 Å². The van der Waals surface area contributed by atoms with Gasteiger partial charge in [-0.05, 0) is 48.4 Å². The lowest BCUT2D eigenvalue weighted by Gasteiger charge is -2.29. The minimum absolute atomic E-state index is 0.149. The first-order chi connectivity index (χ1) is 16.1. The van der Waals surface area contributed by atoms with E-state index >= 15 is 0 Å². The fraction of sp³-hybridized carbons (Fsp3) is 0.192. The van der Waals surface area contributed by atoms with Crippen molar-refractivity contribution in [2.24, 2.45) is 0 Å². The van der Waals surface area contributed by atoms with Crippen LogP contribution >= 0.6 is 0 Å². The van der Waals surface area contributed by atoms with Gasteiger partial charge in [0.2, 0.25) is 0 Å². The van der Waals surface area contributed by atoms with Gasteiger partial charge in [0.05, 0.1) is 19.7 Å². The Morgan fingerprint density at radius 3 is 2.52 bits per heavy atom. The van der Waals surface area contributed by atoms with Gasteiger partial charge in [0.15, 0.2) is 17.3 Å². The van der Waals surface area contributed by atoms with Crippen molar-refractivity contribution in [3.63, 3.8) is 0 Å². The molecule has 1 N–H and O–H groups in total. The molecule has 0 spiro atoms. The van der Waals surface area contributed by atoms with Crippen LogP contribution in [-0.2, 0) is 13.0 Å². The number of fused-ring (bicyclic) bond motifs is 2. The van der Waals surface area contributed by atoms with E-state index in [4.69, 9.17) is 14.5 Å². The molecule has 166 valence electrons. The lowest BCUT2D eigenvalue weighted by Crippen LogP contribution is -2.36. The van der Waals surface area contributed by atoms with Crippen LogP contribution in [0.3, 0.4) is 0 Å². The number of carbonyl (C=O) groups is 1. The van der Waals surface area contributed by atoms with Crippen molar-refractivity contribution in [3.8, 4) is 28.6 Å². The summed E-state index contributed by atoms with van der Waals surface area (Å²) in [5.74, 6) is 1.65. The number of benzene rings is 3. The Bertz CT molecular complexity index is 1350. The summed E-state index contributed by atoms with van der Waals surface area (Å²) in [6, 6.07) is 18.6. The Hall–Kier alpha value is -4.13. The average Bonchev–Trinajstić information content (AvgIpc) is 2.87. The highest BCUT2D eigenvalue weighted by Crippen LogP contribution is 2.36. The van der Waals surface area contributed by atoms with Gasteiger partial charge in [0, 0.05) is 29.6 Å². The molecule has 33 heavy (non-hydrogen) atoms. The molecule has 0 unspecified atom stereocenters. The summed E-state index contributed by atoms with van der Waals surface area (Å²) in [7, 11) is 3.14. The first-order valence-electron chi connectivity index (χ1n) is 10.7. The van der Waals surface area contributed by atoms with Gasteiger partial charge in [-0.1, -0.05) is 24.3 Å². The minimum atomic E-state index is -0.163. The molecule has 0 saturated heterocycles. The van der Waals surface area contributed by atoms with Crippen LogP contribution in [-0.4, -0.2) is 46.6 Å². The van der Waals surface area contributed by atoms with Crippen LogP contribution in [0.25, 0.3) is 22.3 Å². The normalized spacial score (nSPS) is 13.0. The number of nitrogens with zero attached hydrogens (tertiary/aromatic N) is 3. The smallest absolute Gasteiger partial charge is 0.273 e. The van der Waals surface area contributed by atoms with Crippen LogP contribution in [0.2, 0.25) is 0 Å². The molecule has 0 bridgehead atoms. The molecule has 0 atom stereocenters. The van der Waals surface area contributed by atoms with E-state index in [2.05, 4.69) is 4.98 Å². The summed E-state index contributed by atoms with van der Waals surface area (Å²) in [4.78, 5) is 24.8. The third-order valence-electron chi connectivity index (χ3n) is 6.00. The van der Waals surface area contributed by atoms with Crippen LogP contribution in [0.4, 0.5) is 0 Å². The van der Waals surface area contributed by atoms with E-state index < -0.39 is 0 Å². The van der Waals surface area contributed by atoms with Gasteiger partial charge in [-0.2, -0.15) is 0 Å². The van der Waals surface area contributed by atoms with Crippen molar-refractivity contribution in [1.82, 2.24) is 14.9 Å². The lowest BCUT2D eigenvalue weighted by atomic mass is 9.97. The second-order valence-corrected chi connectivity index (χ2v) is 7.87. The number of methoxy groups -OCH3 is 2. The molecule has 1 aliphatic rings. The fourth-order valence-electron chi connectivity index (χ4n) is 4.21. The van der Waals surface area contributed by atoms with Crippen LogP contribution in [0.5, 0.6) is 17.2 Å². The Morgan fingerprint density at radius 1 is 0.970 bits per heavy atom. The molecule has 0 aliphatic carbocycles. The SMILES string of the molecule is COc1ccc(-c2nc(C(=O)N3CCc4c(ccc(OC)c4O)C3)c3ccccc3n2)cc1. The van der Waals surface area contributed by atoms with E-state index in [0.717, 1.165) is 22.4 Å². The summed E-state index contributed by atoms with van der Waals surface area (Å²) in [6.45, 7) is 0.866. The van der Waals surface area contributed by atoms with E-state index in [0.29, 0.717) is 47.7 Å². The largest absolute Gasteiger partial charge is 0.504 e. The number of amides is 1. The van der Waals surface area contributed by atoms with Gasteiger partial charge in [0.25, 0.3) is 5.91 Å². The highest BCUT2D eigenvalue weighted by Gasteiger charge is 2.27. The summed E-state index contributed by atoms with van der Waals surface area (Å²) < 4.78 is 10.5. The molecule has 0 fully saturated rings. The summed E-state index contributed by atoms with van der Waals surface area (Å²) >= 11 is 0. The van der Waals surface area contributed by atoms with Crippen molar-refractivity contribution < 1.29 is 19.4 Å². The van der Waals surface area contributed by atoms with E-state index in [1.165, 1.54) is 7.11 Å². The molecule has 5 rings (SSSR count). The van der Waals surface area contributed by atoms with E-state index in [1.54, 1.807) is 18.1 Å². The number of hydrogen-bond acceptors (Lipinski definition) is 6. The number of ether oxygens (including phenoxy) is 2. The number of phenols is 1. The van der Waals surface area contributed by atoms with Crippen molar-refractivity contribution in [3.05, 3.63) is 77.5 Å². The van der Waals surface area contributed by atoms with Crippen molar-refractivity contribution >= 4 is 16.8 Å². The zero-order valence-corrected chi connectivity index (χ0v) is 18.4. The molecule has 4 aromatic rings. The minimum Gasteiger partial charge on any atom is -0.504 e. The van der Waals surface area contributed by atoms with Crippen LogP contribution < -0.4 is 9.47 Å². The second kappa shape index (κ2) is 8.43. The zero-order valence-electron chi connectivity index (χ0n) is 18.4. The van der Waals surface area contributed by atoms with E-state index in [9.17, 15) is 9.90 Å². The molecule has 0 radical (unpaired) electrons. The number of phenolic OH excluding ortho intramolecular Hbond substituents is 1. The van der Waals surface area contributed by atoms with Gasteiger partial charge in [-0.25, -0.2) is 9.97 Å². The van der Waals surface area contributed by atoms with Crippen molar-refractivity contribution in [2.75, 3.05) is 20.8 Å². The van der Waals surface area contributed by atoms with Gasteiger partial charge in [-0.3, -0.25) is 4.79 Å². The predicted molar refractivity (Wildman–Crippen MR) is 125 cm³/mol. The molecule has 2 heterocycles. The molecule has 0 saturated carbocycles. The van der Waals surface area contributed by atoms with Gasteiger partial charge < -0.3 is 19.5 Å². The summed E-state index contributed by atoms with van der Waals surface area (Å²) in [5.41, 5.74) is 3.61. The van der Waals surface area contributed by atoms with Crippen LogP contribution in [0, 0.1) is 0 Å². The number of para-hydroxylation sites is 1. The summed E-state index contributed by atoms with van der Waals surface area (Å²) in [5, 5.41) is 11.2. The lowest BCUT2D eigenvalue weighted by molar-refractivity contribution is 0.0730. The van der Waals surface area contributed by atoms with Crippen molar-refractivity contribution in [1.29, 1.82) is 0 Å². The standard InChI is InChI=1S/C26H23N3O4/c1-32-18-10-7-16(8-11-18)25-27-21-6-4-3-5-20(21)23(28-25)26(31)29-14-13-19-17(15-29)9-12-22(33-2)24(19)30/h3-12,30H,13-15H2,1-2H3. The highest BCUT2D eigenvalue weighted by molar-refractivity contribution is 6.05. The van der Waals surface area contributed by atoms with Crippen molar-refractivity contribution in [2.45, 2.75) is 13.0 Å².